The highest BCUT2D eigenvalue weighted by molar-refractivity contribution is 5.89. The van der Waals surface area contributed by atoms with E-state index in [-0.39, 0.29) is 17.3 Å². The minimum Gasteiger partial charge on any atom is -0.370 e. The van der Waals surface area contributed by atoms with E-state index in [9.17, 15) is 4.79 Å². The van der Waals surface area contributed by atoms with Crippen molar-refractivity contribution in [2.45, 2.75) is 32.7 Å². The quantitative estimate of drug-likeness (QED) is 0.295. The summed E-state index contributed by atoms with van der Waals surface area (Å²) in [5.74, 6) is 0.338. The third kappa shape index (κ3) is 2.06. The molecule has 5 heteroatoms. The fraction of sp³-hybridized carbons (Fsp3) is 0.800. The van der Waals surface area contributed by atoms with E-state index in [0.29, 0.717) is 12.6 Å². The lowest BCUT2D eigenvalue weighted by atomic mass is 9.70. The van der Waals surface area contributed by atoms with Crippen LogP contribution < -0.4 is 11.5 Å². The lowest BCUT2D eigenvalue weighted by Gasteiger charge is -2.51. The van der Waals surface area contributed by atoms with Crippen LogP contribution in [0.1, 0.15) is 26.7 Å². The minimum absolute atomic E-state index is 0.116. The highest BCUT2D eigenvalue weighted by atomic mass is 16.2. The number of amides is 1. The molecule has 15 heavy (non-hydrogen) atoms. The Balaban J connectivity index is 2.39. The van der Waals surface area contributed by atoms with Crippen molar-refractivity contribution in [3.05, 3.63) is 0 Å². The molecule has 1 fully saturated rings. The van der Waals surface area contributed by atoms with E-state index in [0.717, 1.165) is 12.8 Å². The fourth-order valence-electron chi connectivity index (χ4n) is 2.09. The van der Waals surface area contributed by atoms with E-state index in [4.69, 9.17) is 11.5 Å². The van der Waals surface area contributed by atoms with Gasteiger partial charge in [0, 0.05) is 19.6 Å². The SMILES string of the molecule is CC1N(C)C(=O)C1(C)CCCN=C(N)N. The Labute approximate surface area is 90.5 Å². The van der Waals surface area contributed by atoms with Crippen molar-refractivity contribution in [3.63, 3.8) is 0 Å². The number of aliphatic imine (C=N–C) groups is 1. The maximum Gasteiger partial charge on any atom is 0.230 e. The third-order valence-electron chi connectivity index (χ3n) is 3.46. The smallest absolute Gasteiger partial charge is 0.230 e. The summed E-state index contributed by atoms with van der Waals surface area (Å²) >= 11 is 0. The van der Waals surface area contributed by atoms with Crippen molar-refractivity contribution in [2.75, 3.05) is 13.6 Å². The van der Waals surface area contributed by atoms with Gasteiger partial charge in [-0.2, -0.15) is 0 Å². The molecule has 0 radical (unpaired) electrons. The van der Waals surface area contributed by atoms with Crippen LogP contribution in [0.2, 0.25) is 0 Å². The molecule has 4 N–H and O–H groups in total. The lowest BCUT2D eigenvalue weighted by Crippen LogP contribution is -2.64. The molecule has 1 aliphatic heterocycles. The molecule has 0 aromatic carbocycles. The topological polar surface area (TPSA) is 84.7 Å². The van der Waals surface area contributed by atoms with Crippen LogP contribution >= 0.6 is 0 Å². The Morgan fingerprint density at radius 2 is 2.20 bits per heavy atom. The number of carbonyl (C=O) groups excluding carboxylic acids is 1. The molecule has 2 unspecified atom stereocenters. The molecule has 0 aromatic rings. The highest BCUT2D eigenvalue weighted by Crippen LogP contribution is 2.41. The van der Waals surface area contributed by atoms with Crippen molar-refractivity contribution in [3.8, 4) is 0 Å². The second-order valence-corrected chi connectivity index (χ2v) is 4.42. The van der Waals surface area contributed by atoms with Gasteiger partial charge < -0.3 is 16.4 Å². The Hall–Kier alpha value is -1.26. The fourth-order valence-corrected chi connectivity index (χ4v) is 2.09. The summed E-state index contributed by atoms with van der Waals surface area (Å²) < 4.78 is 0. The predicted molar refractivity (Wildman–Crippen MR) is 60.2 cm³/mol. The van der Waals surface area contributed by atoms with Gasteiger partial charge in [-0.05, 0) is 26.7 Å². The molecule has 1 amide bonds. The first kappa shape index (κ1) is 11.8. The van der Waals surface area contributed by atoms with E-state index >= 15 is 0 Å². The van der Waals surface area contributed by atoms with E-state index in [1.54, 1.807) is 4.90 Å². The van der Waals surface area contributed by atoms with E-state index in [2.05, 4.69) is 11.9 Å². The molecule has 1 rings (SSSR count). The number of rotatable bonds is 4. The van der Waals surface area contributed by atoms with E-state index in [1.165, 1.54) is 0 Å². The van der Waals surface area contributed by atoms with Gasteiger partial charge in [0.2, 0.25) is 5.91 Å². The predicted octanol–water partition coefficient (Wildman–Crippen LogP) is -0.0932. The number of likely N-dealkylation sites (tertiary alicyclic amines) is 1. The largest absolute Gasteiger partial charge is 0.370 e. The maximum absolute atomic E-state index is 11.7. The average Bonchev–Trinajstić information content (AvgIpc) is 2.21. The zero-order valence-corrected chi connectivity index (χ0v) is 9.66. The molecule has 2 atom stereocenters. The Morgan fingerprint density at radius 3 is 2.67 bits per heavy atom. The van der Waals surface area contributed by atoms with Gasteiger partial charge >= 0.3 is 0 Å². The van der Waals surface area contributed by atoms with Gasteiger partial charge in [-0.3, -0.25) is 9.79 Å². The third-order valence-corrected chi connectivity index (χ3v) is 3.46. The minimum atomic E-state index is -0.215. The van der Waals surface area contributed by atoms with Crippen molar-refractivity contribution >= 4 is 11.9 Å². The molecule has 1 aliphatic rings. The molecule has 1 saturated heterocycles. The number of hydrogen-bond donors (Lipinski definition) is 2. The number of guanidine groups is 1. The van der Waals surface area contributed by atoms with Gasteiger partial charge in [0.25, 0.3) is 0 Å². The van der Waals surface area contributed by atoms with Crippen LogP contribution in [0, 0.1) is 5.41 Å². The van der Waals surface area contributed by atoms with Crippen molar-refractivity contribution in [2.24, 2.45) is 21.9 Å². The number of carbonyl (C=O) groups is 1. The molecule has 0 spiro atoms. The molecule has 5 nitrogen and oxygen atoms in total. The van der Waals surface area contributed by atoms with Gasteiger partial charge in [-0.15, -0.1) is 0 Å². The Bertz CT molecular complexity index is 285. The van der Waals surface area contributed by atoms with Crippen molar-refractivity contribution in [1.29, 1.82) is 0 Å². The summed E-state index contributed by atoms with van der Waals surface area (Å²) in [6.07, 6.45) is 1.69. The monoisotopic (exact) mass is 212 g/mol. The molecule has 0 saturated carbocycles. The van der Waals surface area contributed by atoms with Gasteiger partial charge in [-0.1, -0.05) is 0 Å². The van der Waals surface area contributed by atoms with Gasteiger partial charge in [0.1, 0.15) is 0 Å². The Kier molecular flexibility index (Phi) is 3.21. The van der Waals surface area contributed by atoms with Crippen LogP contribution in [0.4, 0.5) is 0 Å². The molecule has 0 aliphatic carbocycles. The van der Waals surface area contributed by atoms with E-state index < -0.39 is 0 Å². The standard InChI is InChI=1S/C10H20N4O/c1-7-10(2,8(15)14(7)3)5-4-6-13-9(11)12/h7H,4-6H2,1-3H3,(H4,11,12,13). The number of nitrogens with two attached hydrogens (primary N) is 2. The Morgan fingerprint density at radius 1 is 1.60 bits per heavy atom. The van der Waals surface area contributed by atoms with Crippen LogP contribution in [-0.2, 0) is 4.79 Å². The number of nitrogens with zero attached hydrogens (tertiary/aromatic N) is 2. The van der Waals surface area contributed by atoms with Crippen molar-refractivity contribution in [1.82, 2.24) is 4.90 Å². The molecule has 1 heterocycles. The first-order valence-corrected chi connectivity index (χ1v) is 5.22. The number of β-lactam (4-membered cyclic amide) rings is 1. The van der Waals surface area contributed by atoms with Gasteiger partial charge in [-0.25, -0.2) is 0 Å². The second kappa shape index (κ2) is 4.08. The highest BCUT2D eigenvalue weighted by Gasteiger charge is 2.52. The molecular weight excluding hydrogens is 192 g/mol. The summed E-state index contributed by atoms with van der Waals surface area (Å²) in [5, 5.41) is 0. The van der Waals surface area contributed by atoms with Gasteiger partial charge in [0.05, 0.1) is 5.41 Å². The normalized spacial score (nSPS) is 29.9. The molecule has 0 bridgehead atoms. The zero-order chi connectivity index (χ0) is 11.6. The molecule has 0 aromatic heterocycles. The maximum atomic E-state index is 11.7. The summed E-state index contributed by atoms with van der Waals surface area (Å²) in [6.45, 7) is 4.68. The summed E-state index contributed by atoms with van der Waals surface area (Å²) in [7, 11) is 1.84. The molecular formula is C10H20N4O. The molecule has 86 valence electrons. The van der Waals surface area contributed by atoms with Crippen LogP contribution in [0.5, 0.6) is 0 Å². The van der Waals surface area contributed by atoms with Crippen LogP contribution in [-0.4, -0.2) is 36.4 Å². The summed E-state index contributed by atoms with van der Waals surface area (Å²) in [5.41, 5.74) is 10.2. The first-order valence-electron chi connectivity index (χ1n) is 5.22. The first-order chi connectivity index (χ1) is 6.89. The van der Waals surface area contributed by atoms with Crippen molar-refractivity contribution < 1.29 is 4.79 Å². The van der Waals surface area contributed by atoms with E-state index in [1.807, 2.05) is 14.0 Å². The average molecular weight is 212 g/mol. The lowest BCUT2D eigenvalue weighted by molar-refractivity contribution is -0.166. The van der Waals surface area contributed by atoms with Gasteiger partial charge in [0.15, 0.2) is 5.96 Å². The van der Waals surface area contributed by atoms with Crippen LogP contribution in [0.25, 0.3) is 0 Å². The second-order valence-electron chi connectivity index (χ2n) is 4.42. The number of hydrogen-bond acceptors (Lipinski definition) is 2. The summed E-state index contributed by atoms with van der Waals surface area (Å²) in [4.78, 5) is 17.3. The zero-order valence-electron chi connectivity index (χ0n) is 9.66. The summed E-state index contributed by atoms with van der Waals surface area (Å²) in [6, 6.07) is 0.309. The van der Waals surface area contributed by atoms with Crippen LogP contribution in [0.3, 0.4) is 0 Å². The van der Waals surface area contributed by atoms with Crippen LogP contribution in [0.15, 0.2) is 4.99 Å².